The number of imidazole rings is 1. The minimum atomic E-state index is -0.703. The van der Waals surface area contributed by atoms with Crippen LogP contribution in [0, 0.1) is 5.82 Å². The molecule has 2 aromatic heterocycles. The summed E-state index contributed by atoms with van der Waals surface area (Å²) in [6.07, 6.45) is 0. The zero-order valence-electron chi connectivity index (χ0n) is 20.9. The number of nitrogens with zero attached hydrogens (tertiary/aromatic N) is 5. The maximum atomic E-state index is 13.7. The molecule has 38 heavy (non-hydrogen) atoms. The monoisotopic (exact) mass is 510 g/mol. The van der Waals surface area contributed by atoms with Gasteiger partial charge in [0.15, 0.2) is 5.82 Å². The number of rotatable bonds is 5. The third-order valence-corrected chi connectivity index (χ3v) is 6.87. The molecule has 9 nitrogen and oxygen atoms in total. The first-order chi connectivity index (χ1) is 18.4. The second-order valence-electron chi connectivity index (χ2n) is 9.44. The third-order valence-electron chi connectivity index (χ3n) is 6.87. The van der Waals surface area contributed by atoms with E-state index in [0.717, 1.165) is 54.2 Å². The lowest BCUT2D eigenvalue weighted by atomic mass is 10.1. The Kier molecular flexibility index (Phi) is 6.01. The van der Waals surface area contributed by atoms with E-state index < -0.39 is 11.8 Å². The number of nitrogens with one attached hydrogen (secondary N) is 2. The quantitative estimate of drug-likeness (QED) is 0.317. The van der Waals surface area contributed by atoms with Crippen LogP contribution in [0.3, 0.4) is 0 Å². The van der Waals surface area contributed by atoms with Gasteiger partial charge in [0.2, 0.25) is 0 Å². The zero-order chi connectivity index (χ0) is 26.2. The normalized spacial score (nSPS) is 14.2. The standard InChI is InChI=1S/C28H27FN8O/c1-35-11-13-36(14-12-35)21-9-10-23-25(16-21)32-27(31-23)26-17-24(33-34-26)18-5-7-20(8-6-18)37(28(30)38)22-4-2-3-19(29)15-22/h2-10,15-17H,11-14H2,1H3,(H2,30,38)(H,31,32)(H,33,34). The lowest BCUT2D eigenvalue weighted by Gasteiger charge is -2.34. The predicted octanol–water partition coefficient (Wildman–Crippen LogP) is 4.73. The Morgan fingerprint density at radius 1 is 0.974 bits per heavy atom. The van der Waals surface area contributed by atoms with Gasteiger partial charge in [-0.2, -0.15) is 5.10 Å². The molecule has 4 N–H and O–H groups in total. The van der Waals surface area contributed by atoms with Gasteiger partial charge in [-0.25, -0.2) is 14.2 Å². The summed E-state index contributed by atoms with van der Waals surface area (Å²) >= 11 is 0. The molecular weight excluding hydrogens is 483 g/mol. The number of aromatic amines is 2. The number of fused-ring (bicyclic) bond motifs is 1. The third kappa shape index (κ3) is 4.57. The van der Waals surface area contributed by atoms with E-state index >= 15 is 0 Å². The number of hydrogen-bond donors (Lipinski definition) is 3. The number of urea groups is 1. The molecule has 1 saturated heterocycles. The molecule has 0 unspecified atom stereocenters. The number of nitrogens with two attached hydrogens (primary N) is 1. The van der Waals surface area contributed by atoms with Crippen molar-refractivity contribution < 1.29 is 9.18 Å². The smallest absolute Gasteiger partial charge is 0.323 e. The Bertz CT molecular complexity index is 1600. The van der Waals surface area contributed by atoms with Crippen LogP contribution in [-0.4, -0.2) is 64.3 Å². The molecule has 5 aromatic rings. The molecule has 0 radical (unpaired) electrons. The van der Waals surface area contributed by atoms with Crippen molar-refractivity contribution in [2.45, 2.75) is 0 Å². The number of H-pyrrole nitrogens is 2. The molecule has 2 amide bonds. The van der Waals surface area contributed by atoms with Crippen LogP contribution in [0.15, 0.2) is 72.8 Å². The molecule has 6 rings (SSSR count). The Morgan fingerprint density at radius 3 is 2.50 bits per heavy atom. The summed E-state index contributed by atoms with van der Waals surface area (Å²) in [4.78, 5) is 26.3. The molecule has 0 aliphatic carbocycles. The number of primary amides is 1. The van der Waals surface area contributed by atoms with E-state index in [1.807, 2.05) is 24.3 Å². The summed E-state index contributed by atoms with van der Waals surface area (Å²) in [5.74, 6) is 0.257. The van der Waals surface area contributed by atoms with Gasteiger partial charge in [0.05, 0.1) is 28.1 Å². The van der Waals surface area contributed by atoms with Crippen molar-refractivity contribution in [3.8, 4) is 22.8 Å². The van der Waals surface area contributed by atoms with E-state index in [9.17, 15) is 9.18 Å². The van der Waals surface area contributed by atoms with E-state index in [1.165, 1.54) is 28.8 Å². The minimum Gasteiger partial charge on any atom is -0.369 e. The van der Waals surface area contributed by atoms with Crippen LogP contribution in [-0.2, 0) is 0 Å². The lowest BCUT2D eigenvalue weighted by molar-refractivity contribution is 0.256. The Hall–Kier alpha value is -4.70. The van der Waals surface area contributed by atoms with Crippen molar-refractivity contribution >= 4 is 34.1 Å². The van der Waals surface area contributed by atoms with Crippen LogP contribution in [0.5, 0.6) is 0 Å². The average molecular weight is 511 g/mol. The van der Waals surface area contributed by atoms with Crippen molar-refractivity contribution in [3.63, 3.8) is 0 Å². The van der Waals surface area contributed by atoms with E-state index in [-0.39, 0.29) is 0 Å². The maximum Gasteiger partial charge on any atom is 0.323 e. The summed E-state index contributed by atoms with van der Waals surface area (Å²) in [6.45, 7) is 4.11. The molecule has 0 bridgehead atoms. The van der Waals surface area contributed by atoms with Gasteiger partial charge in [-0.05, 0) is 61.6 Å². The van der Waals surface area contributed by atoms with Crippen molar-refractivity contribution in [1.82, 2.24) is 25.1 Å². The summed E-state index contributed by atoms with van der Waals surface area (Å²) < 4.78 is 13.7. The molecule has 1 fully saturated rings. The number of aromatic nitrogens is 4. The van der Waals surface area contributed by atoms with E-state index in [1.54, 1.807) is 18.2 Å². The van der Waals surface area contributed by atoms with Crippen LogP contribution in [0.25, 0.3) is 33.8 Å². The number of piperazine rings is 1. The summed E-state index contributed by atoms with van der Waals surface area (Å²) in [5.41, 5.74) is 11.8. The minimum absolute atomic E-state index is 0.355. The molecule has 0 atom stereocenters. The van der Waals surface area contributed by atoms with Crippen molar-refractivity contribution in [1.29, 1.82) is 0 Å². The highest BCUT2D eigenvalue weighted by atomic mass is 19.1. The van der Waals surface area contributed by atoms with Crippen LogP contribution >= 0.6 is 0 Å². The van der Waals surface area contributed by atoms with Crippen LogP contribution in [0.1, 0.15) is 0 Å². The molecular formula is C28H27FN8O. The number of halogens is 1. The van der Waals surface area contributed by atoms with Crippen LogP contribution < -0.4 is 15.5 Å². The van der Waals surface area contributed by atoms with E-state index in [4.69, 9.17) is 10.7 Å². The highest BCUT2D eigenvalue weighted by molar-refractivity contribution is 5.98. The highest BCUT2D eigenvalue weighted by Gasteiger charge is 2.18. The van der Waals surface area contributed by atoms with Gasteiger partial charge in [0.1, 0.15) is 11.5 Å². The van der Waals surface area contributed by atoms with E-state index in [2.05, 4.69) is 44.2 Å². The van der Waals surface area contributed by atoms with Crippen LogP contribution in [0.4, 0.5) is 26.2 Å². The highest BCUT2D eigenvalue weighted by Crippen LogP contribution is 2.30. The molecule has 0 spiro atoms. The molecule has 1 aliphatic heterocycles. The number of hydrogen-bond acceptors (Lipinski definition) is 5. The van der Waals surface area contributed by atoms with Crippen molar-refractivity contribution in [3.05, 3.63) is 78.6 Å². The van der Waals surface area contributed by atoms with Gasteiger partial charge in [0, 0.05) is 37.4 Å². The second kappa shape index (κ2) is 9.64. The van der Waals surface area contributed by atoms with Gasteiger partial charge >= 0.3 is 6.03 Å². The maximum absolute atomic E-state index is 13.7. The molecule has 3 aromatic carbocycles. The van der Waals surface area contributed by atoms with Gasteiger partial charge in [-0.15, -0.1) is 0 Å². The number of benzene rings is 3. The molecule has 0 saturated carbocycles. The second-order valence-corrected chi connectivity index (χ2v) is 9.44. The number of amides is 2. The first-order valence-corrected chi connectivity index (χ1v) is 12.4. The molecule has 10 heteroatoms. The van der Waals surface area contributed by atoms with Gasteiger partial charge in [-0.1, -0.05) is 18.2 Å². The Labute approximate surface area is 218 Å². The summed E-state index contributed by atoms with van der Waals surface area (Å²) in [7, 11) is 2.15. The first-order valence-electron chi connectivity index (χ1n) is 12.4. The number of likely N-dealkylation sites (N-methyl/N-ethyl adjacent to an activating group) is 1. The molecule has 1 aliphatic rings. The Morgan fingerprint density at radius 2 is 1.76 bits per heavy atom. The van der Waals surface area contributed by atoms with Gasteiger partial charge in [0.25, 0.3) is 0 Å². The van der Waals surface area contributed by atoms with E-state index in [0.29, 0.717) is 17.2 Å². The molecule has 192 valence electrons. The molecule has 3 heterocycles. The summed E-state index contributed by atoms with van der Waals surface area (Å²) in [5, 5.41) is 7.52. The summed E-state index contributed by atoms with van der Waals surface area (Å²) in [6, 6.07) is 20.5. The largest absolute Gasteiger partial charge is 0.369 e. The fourth-order valence-electron chi connectivity index (χ4n) is 4.78. The van der Waals surface area contributed by atoms with Crippen molar-refractivity contribution in [2.24, 2.45) is 5.73 Å². The SMILES string of the molecule is CN1CCN(c2ccc3nc(-c4cc(-c5ccc(N(C(N)=O)c6cccc(F)c6)cc5)n[nH]4)[nH]c3c2)CC1. The van der Waals surface area contributed by atoms with Gasteiger partial charge < -0.3 is 20.5 Å². The van der Waals surface area contributed by atoms with Crippen LogP contribution in [0.2, 0.25) is 0 Å². The average Bonchev–Trinajstić information content (AvgIpc) is 3.57. The predicted molar refractivity (Wildman–Crippen MR) is 147 cm³/mol. The number of anilines is 3. The van der Waals surface area contributed by atoms with Gasteiger partial charge in [-0.3, -0.25) is 10.00 Å². The van der Waals surface area contributed by atoms with Crippen molar-refractivity contribution in [2.75, 3.05) is 43.0 Å². The number of carbonyl (C=O) groups is 1. The Balaban J connectivity index is 1.23. The fraction of sp³-hybridized carbons (Fsp3) is 0.179. The zero-order valence-corrected chi connectivity index (χ0v) is 20.9. The lowest BCUT2D eigenvalue weighted by Crippen LogP contribution is -2.44. The first kappa shape index (κ1) is 23.7. The fourth-order valence-corrected chi connectivity index (χ4v) is 4.78. The number of carbonyl (C=O) groups excluding carboxylic acids is 1. The topological polar surface area (TPSA) is 110 Å².